The quantitative estimate of drug-likeness (QED) is 0.423. The molecule has 1 fully saturated rings. The predicted molar refractivity (Wildman–Crippen MR) is 102 cm³/mol. The summed E-state index contributed by atoms with van der Waals surface area (Å²) in [4.78, 5) is 14.7. The molecule has 3 heterocycles. The molecule has 9 heteroatoms. The van der Waals surface area contributed by atoms with Gasteiger partial charge in [0.2, 0.25) is 5.88 Å². The van der Waals surface area contributed by atoms with E-state index in [1.165, 1.54) is 6.33 Å². The van der Waals surface area contributed by atoms with Gasteiger partial charge >= 0.3 is 0 Å². The van der Waals surface area contributed by atoms with Crippen molar-refractivity contribution in [3.8, 4) is 5.88 Å². The Kier molecular flexibility index (Phi) is 7.22. The second kappa shape index (κ2) is 9.40. The summed E-state index contributed by atoms with van der Waals surface area (Å²) < 4.78 is 7.69. The summed E-state index contributed by atoms with van der Waals surface area (Å²) in [5.41, 5.74) is 0. The number of halogens is 1. The molecule has 2 aromatic heterocycles. The third kappa shape index (κ3) is 5.05. The van der Waals surface area contributed by atoms with E-state index in [4.69, 9.17) is 4.74 Å². The molecular weight excluding hydrogens is 421 g/mol. The number of ether oxygens (including phenoxy) is 1. The maximum atomic E-state index is 5.91. The van der Waals surface area contributed by atoms with Crippen LogP contribution in [0.4, 0.5) is 0 Å². The van der Waals surface area contributed by atoms with Crippen molar-refractivity contribution < 1.29 is 4.74 Å². The van der Waals surface area contributed by atoms with Crippen LogP contribution in [0.15, 0.2) is 42.0 Å². The lowest BCUT2D eigenvalue weighted by molar-refractivity contribution is 0.205. The van der Waals surface area contributed by atoms with Crippen LogP contribution in [-0.2, 0) is 6.54 Å². The third-order valence-electron chi connectivity index (χ3n) is 3.67. The van der Waals surface area contributed by atoms with Gasteiger partial charge in [0.15, 0.2) is 5.96 Å². The fourth-order valence-electron chi connectivity index (χ4n) is 2.57. The molecule has 0 aliphatic carbocycles. The van der Waals surface area contributed by atoms with Crippen molar-refractivity contribution in [1.82, 2.24) is 30.0 Å². The summed E-state index contributed by atoms with van der Waals surface area (Å²) >= 11 is 0. The van der Waals surface area contributed by atoms with Crippen LogP contribution in [0.5, 0.6) is 5.88 Å². The van der Waals surface area contributed by atoms with Gasteiger partial charge < -0.3 is 15.0 Å². The smallest absolute Gasteiger partial charge is 0.213 e. The van der Waals surface area contributed by atoms with Crippen LogP contribution in [0.25, 0.3) is 0 Å². The first-order valence-corrected chi connectivity index (χ1v) is 7.71. The number of hydrogen-bond donors (Lipinski definition) is 1. The highest BCUT2D eigenvalue weighted by Gasteiger charge is 2.26. The highest BCUT2D eigenvalue weighted by Crippen LogP contribution is 2.16. The number of likely N-dealkylation sites (tertiary alicyclic amines) is 1. The molecule has 130 valence electrons. The highest BCUT2D eigenvalue weighted by molar-refractivity contribution is 14.0. The van der Waals surface area contributed by atoms with Crippen LogP contribution in [0.2, 0.25) is 0 Å². The molecule has 1 atom stereocenters. The van der Waals surface area contributed by atoms with Crippen molar-refractivity contribution in [2.75, 3.05) is 26.7 Å². The van der Waals surface area contributed by atoms with Crippen LogP contribution in [0, 0.1) is 0 Å². The molecule has 1 aliphatic rings. The molecule has 0 aromatic carbocycles. The van der Waals surface area contributed by atoms with Crippen molar-refractivity contribution in [1.29, 1.82) is 0 Å². The number of nitrogens with one attached hydrogen (secondary N) is 1. The molecule has 1 N–H and O–H groups in total. The van der Waals surface area contributed by atoms with E-state index in [-0.39, 0.29) is 30.1 Å². The van der Waals surface area contributed by atoms with Gasteiger partial charge in [-0.1, -0.05) is 6.07 Å². The SMILES string of the molecule is CN=C(NCCn1cncn1)N1CCC(Oc2ccccn2)C1.I. The molecule has 0 bridgehead atoms. The Morgan fingerprint density at radius 1 is 1.46 bits per heavy atom. The molecule has 2 aromatic rings. The van der Waals surface area contributed by atoms with E-state index in [2.05, 4.69) is 30.3 Å². The fraction of sp³-hybridized carbons (Fsp3) is 0.467. The molecule has 1 saturated heterocycles. The van der Waals surface area contributed by atoms with Crippen molar-refractivity contribution in [3.63, 3.8) is 0 Å². The van der Waals surface area contributed by atoms with Crippen LogP contribution >= 0.6 is 24.0 Å². The molecule has 8 nitrogen and oxygen atoms in total. The van der Waals surface area contributed by atoms with Gasteiger partial charge in [-0.3, -0.25) is 9.67 Å². The normalized spacial score (nSPS) is 17.5. The number of pyridine rings is 1. The number of aromatic nitrogens is 4. The summed E-state index contributed by atoms with van der Waals surface area (Å²) in [7, 11) is 1.80. The third-order valence-corrected chi connectivity index (χ3v) is 3.67. The van der Waals surface area contributed by atoms with Crippen LogP contribution in [-0.4, -0.2) is 63.4 Å². The summed E-state index contributed by atoms with van der Waals surface area (Å²) in [6.07, 6.45) is 6.08. The number of aliphatic imine (C=N–C) groups is 1. The van der Waals surface area contributed by atoms with E-state index in [1.807, 2.05) is 18.2 Å². The maximum absolute atomic E-state index is 5.91. The van der Waals surface area contributed by atoms with Gasteiger partial charge in [0.25, 0.3) is 0 Å². The topological polar surface area (TPSA) is 80.5 Å². The lowest BCUT2D eigenvalue weighted by atomic mass is 10.3. The summed E-state index contributed by atoms with van der Waals surface area (Å²) in [5.74, 6) is 1.56. The van der Waals surface area contributed by atoms with E-state index in [0.29, 0.717) is 5.88 Å². The fourth-order valence-corrected chi connectivity index (χ4v) is 2.57. The first-order chi connectivity index (χ1) is 11.3. The van der Waals surface area contributed by atoms with Crippen molar-refractivity contribution in [2.45, 2.75) is 19.1 Å². The second-order valence-electron chi connectivity index (χ2n) is 5.28. The Hall–Kier alpha value is -1.91. The summed E-state index contributed by atoms with van der Waals surface area (Å²) in [5, 5.41) is 7.43. The van der Waals surface area contributed by atoms with Gasteiger partial charge in [0.05, 0.1) is 13.1 Å². The molecule has 24 heavy (non-hydrogen) atoms. The van der Waals surface area contributed by atoms with E-state index >= 15 is 0 Å². The van der Waals surface area contributed by atoms with Gasteiger partial charge in [-0.25, -0.2) is 9.97 Å². The summed E-state index contributed by atoms with van der Waals surface area (Å²) in [6, 6.07) is 5.70. The standard InChI is InChI=1S/C15H21N7O.HI/c1-16-15(19-7-9-22-12-17-11-20-22)21-8-5-13(10-21)23-14-4-2-3-6-18-14;/h2-4,6,11-13H,5,7-10H2,1H3,(H,16,19);1H. The average molecular weight is 443 g/mol. The highest BCUT2D eigenvalue weighted by atomic mass is 127. The molecule has 0 saturated carbocycles. The van der Waals surface area contributed by atoms with E-state index < -0.39 is 0 Å². The average Bonchev–Trinajstić information content (AvgIpc) is 3.25. The van der Waals surface area contributed by atoms with Crippen molar-refractivity contribution in [2.24, 2.45) is 4.99 Å². The molecule has 3 rings (SSSR count). The molecule has 0 radical (unpaired) electrons. The van der Waals surface area contributed by atoms with Crippen LogP contribution in [0.3, 0.4) is 0 Å². The number of guanidine groups is 1. The molecule has 1 unspecified atom stereocenters. The Bertz CT molecular complexity index is 620. The lowest BCUT2D eigenvalue weighted by Gasteiger charge is -2.21. The maximum Gasteiger partial charge on any atom is 0.213 e. The van der Waals surface area contributed by atoms with Crippen LogP contribution < -0.4 is 10.1 Å². The van der Waals surface area contributed by atoms with E-state index in [0.717, 1.165) is 38.6 Å². The first kappa shape index (κ1) is 18.4. The predicted octanol–water partition coefficient (Wildman–Crippen LogP) is 1.02. The van der Waals surface area contributed by atoms with Crippen molar-refractivity contribution >= 4 is 29.9 Å². The molecule has 1 aliphatic heterocycles. The minimum Gasteiger partial charge on any atom is -0.472 e. The largest absolute Gasteiger partial charge is 0.472 e. The van der Waals surface area contributed by atoms with Crippen molar-refractivity contribution in [3.05, 3.63) is 37.1 Å². The Balaban J connectivity index is 0.00000208. The molecule has 0 spiro atoms. The monoisotopic (exact) mass is 443 g/mol. The van der Waals surface area contributed by atoms with Gasteiger partial charge in [-0.05, 0) is 6.07 Å². The van der Waals surface area contributed by atoms with Crippen LogP contribution in [0.1, 0.15) is 6.42 Å². The van der Waals surface area contributed by atoms with E-state index in [9.17, 15) is 0 Å². The lowest BCUT2D eigenvalue weighted by Crippen LogP contribution is -2.42. The zero-order chi connectivity index (χ0) is 15.9. The van der Waals surface area contributed by atoms with Gasteiger partial charge in [0.1, 0.15) is 18.8 Å². The minimum absolute atomic E-state index is 0. The Morgan fingerprint density at radius 3 is 3.08 bits per heavy atom. The van der Waals surface area contributed by atoms with E-state index in [1.54, 1.807) is 24.3 Å². The number of hydrogen-bond acceptors (Lipinski definition) is 5. The Morgan fingerprint density at radius 2 is 2.38 bits per heavy atom. The van der Waals surface area contributed by atoms with Gasteiger partial charge in [-0.15, -0.1) is 24.0 Å². The molecule has 0 amide bonds. The zero-order valence-corrected chi connectivity index (χ0v) is 15.9. The van der Waals surface area contributed by atoms with Gasteiger partial charge in [0, 0.05) is 38.8 Å². The minimum atomic E-state index is 0. The first-order valence-electron chi connectivity index (χ1n) is 7.71. The Labute approximate surface area is 158 Å². The number of rotatable bonds is 5. The summed E-state index contributed by atoms with van der Waals surface area (Å²) in [6.45, 7) is 3.22. The zero-order valence-electron chi connectivity index (χ0n) is 13.6. The number of nitrogens with zero attached hydrogens (tertiary/aromatic N) is 6. The molecular formula is C15H22IN7O. The van der Waals surface area contributed by atoms with Gasteiger partial charge in [-0.2, -0.15) is 5.10 Å². The second-order valence-corrected chi connectivity index (χ2v) is 5.28.